The molecule has 0 saturated carbocycles. The lowest BCUT2D eigenvalue weighted by Gasteiger charge is -2.36. The molecular formula is C29H36F6N2O6S2. The number of sulfone groups is 2. The van der Waals surface area contributed by atoms with Crippen molar-refractivity contribution in [3.63, 3.8) is 0 Å². The first kappa shape index (κ1) is 36.6. The molecule has 2 saturated heterocycles. The molecule has 0 atom stereocenters. The molecule has 2 heterocycles. The molecule has 0 bridgehead atoms. The largest absolute Gasteiger partial charge is 0.444 e. The van der Waals surface area contributed by atoms with Gasteiger partial charge in [-0.15, -0.1) is 0 Å². The van der Waals surface area contributed by atoms with Gasteiger partial charge in [-0.25, -0.2) is 30.4 Å². The smallest absolute Gasteiger partial charge is 0.410 e. The van der Waals surface area contributed by atoms with Gasteiger partial charge in [-0.2, -0.15) is 17.6 Å². The molecule has 252 valence electrons. The van der Waals surface area contributed by atoms with Crippen LogP contribution in [0.5, 0.6) is 0 Å². The van der Waals surface area contributed by atoms with E-state index in [1.54, 1.807) is 20.8 Å². The third-order valence-electron chi connectivity index (χ3n) is 7.37. The highest BCUT2D eigenvalue weighted by Gasteiger charge is 2.54. The van der Waals surface area contributed by atoms with E-state index in [0.29, 0.717) is 25.2 Å². The van der Waals surface area contributed by atoms with Crippen molar-refractivity contribution in [1.82, 2.24) is 10.2 Å². The van der Waals surface area contributed by atoms with Gasteiger partial charge in [-0.05, 0) is 95.9 Å². The van der Waals surface area contributed by atoms with Crippen LogP contribution in [0.1, 0.15) is 46.5 Å². The first-order valence-electron chi connectivity index (χ1n) is 14.1. The molecule has 8 nitrogen and oxygen atoms in total. The number of rotatable bonds is 6. The molecule has 0 spiro atoms. The van der Waals surface area contributed by atoms with Gasteiger partial charge >= 0.3 is 16.6 Å². The van der Waals surface area contributed by atoms with Crippen LogP contribution in [-0.2, 0) is 24.4 Å². The minimum Gasteiger partial charge on any atom is -0.444 e. The second-order valence-electron chi connectivity index (χ2n) is 11.8. The van der Waals surface area contributed by atoms with Crippen molar-refractivity contribution >= 4 is 25.8 Å². The lowest BCUT2D eigenvalue weighted by molar-refractivity contribution is -0.0178. The van der Waals surface area contributed by atoms with Crippen LogP contribution < -0.4 is 5.32 Å². The van der Waals surface area contributed by atoms with Crippen LogP contribution in [0.15, 0.2) is 58.3 Å². The van der Waals surface area contributed by atoms with Crippen LogP contribution in [-0.4, -0.2) is 70.1 Å². The van der Waals surface area contributed by atoms with Crippen molar-refractivity contribution in [3.8, 4) is 0 Å². The molecule has 2 aliphatic heterocycles. The highest BCUT2D eigenvalue weighted by atomic mass is 32.2. The number of alkyl halides is 4. The quantitative estimate of drug-likeness (QED) is 0.370. The summed E-state index contributed by atoms with van der Waals surface area (Å²) in [7, 11) is -9.90. The monoisotopic (exact) mass is 686 g/mol. The van der Waals surface area contributed by atoms with Gasteiger partial charge < -0.3 is 15.0 Å². The Labute approximate surface area is 259 Å². The number of carbonyl (C=O) groups excluding carboxylic acids is 1. The lowest BCUT2D eigenvalue weighted by Crippen LogP contribution is -2.47. The van der Waals surface area contributed by atoms with Gasteiger partial charge in [-0.1, -0.05) is 12.1 Å². The van der Waals surface area contributed by atoms with E-state index in [-0.39, 0.29) is 38.8 Å². The number of hydrogen-bond acceptors (Lipinski definition) is 7. The molecule has 0 aliphatic carbocycles. The fourth-order valence-electron chi connectivity index (χ4n) is 4.90. The zero-order valence-corrected chi connectivity index (χ0v) is 26.5. The highest BCUT2D eigenvalue weighted by Crippen LogP contribution is 2.42. The molecular weight excluding hydrogens is 650 g/mol. The van der Waals surface area contributed by atoms with Crippen molar-refractivity contribution in [2.75, 3.05) is 26.2 Å². The first-order valence-corrected chi connectivity index (χ1v) is 17.1. The Kier molecular flexibility index (Phi) is 11.3. The fraction of sp³-hybridized carbons (Fsp3) is 0.552. The minimum absolute atomic E-state index is 0.0339. The Morgan fingerprint density at radius 2 is 1.16 bits per heavy atom. The maximum Gasteiger partial charge on any atom is 0.410 e. The molecule has 0 aromatic heterocycles. The van der Waals surface area contributed by atoms with Crippen LogP contribution in [0.25, 0.3) is 0 Å². The van der Waals surface area contributed by atoms with Crippen molar-refractivity contribution < 1.29 is 52.7 Å². The van der Waals surface area contributed by atoms with E-state index >= 15 is 0 Å². The predicted molar refractivity (Wildman–Crippen MR) is 153 cm³/mol. The molecule has 45 heavy (non-hydrogen) atoms. The maximum absolute atomic E-state index is 14.7. The van der Waals surface area contributed by atoms with E-state index in [4.69, 9.17) is 4.74 Å². The summed E-state index contributed by atoms with van der Waals surface area (Å²) in [4.78, 5) is 11.8. The van der Waals surface area contributed by atoms with E-state index in [9.17, 15) is 48.0 Å². The van der Waals surface area contributed by atoms with E-state index < -0.39 is 75.1 Å². The third kappa shape index (κ3) is 8.50. The van der Waals surface area contributed by atoms with Gasteiger partial charge in [0.1, 0.15) is 17.2 Å². The maximum atomic E-state index is 14.7. The molecule has 2 fully saturated rings. The summed E-state index contributed by atoms with van der Waals surface area (Å²) in [6.45, 7) is 5.73. The van der Waals surface area contributed by atoms with Gasteiger partial charge in [0.05, 0.1) is 9.79 Å². The summed E-state index contributed by atoms with van der Waals surface area (Å²) < 4.78 is 138. The number of piperidine rings is 2. The van der Waals surface area contributed by atoms with Crippen LogP contribution in [0.4, 0.5) is 31.1 Å². The number of nitrogens with zero attached hydrogens (tertiary/aromatic N) is 1. The summed E-state index contributed by atoms with van der Waals surface area (Å²) in [6.07, 6.45) is -0.836. The SMILES string of the molecule is CC(C)(C)OC(=O)N1CCC(C(F)(F)S(=O)(=O)c2cccc(F)c2)CC1.O=S(=O)(c1cccc(F)c1)C(F)(F)C1CCNCC1. The number of halogens is 6. The molecule has 2 aromatic carbocycles. The number of ether oxygens (including phenoxy) is 1. The summed E-state index contributed by atoms with van der Waals surface area (Å²) in [6, 6.07) is 7.33. The molecule has 0 unspecified atom stereocenters. The van der Waals surface area contributed by atoms with Crippen molar-refractivity contribution in [2.45, 2.75) is 72.4 Å². The number of amides is 1. The summed E-state index contributed by atoms with van der Waals surface area (Å²) in [5.41, 5.74) is -0.710. The summed E-state index contributed by atoms with van der Waals surface area (Å²) >= 11 is 0. The molecule has 1 N–H and O–H groups in total. The Balaban J connectivity index is 0.000000257. The van der Waals surface area contributed by atoms with Crippen molar-refractivity contribution in [1.29, 1.82) is 0 Å². The predicted octanol–water partition coefficient (Wildman–Crippen LogP) is 6.03. The van der Waals surface area contributed by atoms with Gasteiger partial charge in [0.2, 0.25) is 19.7 Å². The zero-order chi connectivity index (χ0) is 33.8. The third-order valence-corrected chi connectivity index (χ3v) is 11.2. The van der Waals surface area contributed by atoms with Crippen molar-refractivity contribution in [3.05, 3.63) is 60.2 Å². The zero-order valence-electron chi connectivity index (χ0n) is 24.9. The molecule has 4 rings (SSSR count). The molecule has 1 amide bonds. The summed E-state index contributed by atoms with van der Waals surface area (Å²) in [5, 5.41) is -5.03. The van der Waals surface area contributed by atoms with E-state index in [0.717, 1.165) is 36.4 Å². The number of benzene rings is 2. The lowest BCUT2D eigenvalue weighted by atomic mass is 9.97. The van der Waals surface area contributed by atoms with Crippen molar-refractivity contribution in [2.24, 2.45) is 11.8 Å². The number of hydrogen-bond donors (Lipinski definition) is 1. The van der Waals surface area contributed by atoms with E-state index in [1.807, 2.05) is 0 Å². The molecule has 0 radical (unpaired) electrons. The van der Waals surface area contributed by atoms with E-state index in [1.165, 1.54) is 4.90 Å². The van der Waals surface area contributed by atoms with Gasteiger partial charge in [-0.3, -0.25) is 0 Å². The first-order chi connectivity index (χ1) is 20.7. The van der Waals surface area contributed by atoms with Crippen LogP contribution in [0, 0.1) is 23.5 Å². The Bertz CT molecular complexity index is 1550. The average molecular weight is 687 g/mol. The van der Waals surface area contributed by atoms with Gasteiger partial charge in [0.15, 0.2) is 0 Å². The highest BCUT2D eigenvalue weighted by molar-refractivity contribution is 7.92. The fourth-order valence-corrected chi connectivity index (χ4v) is 7.93. The van der Waals surface area contributed by atoms with Crippen LogP contribution in [0.3, 0.4) is 0 Å². The number of nitrogens with one attached hydrogen (secondary N) is 1. The number of likely N-dealkylation sites (tertiary alicyclic amines) is 1. The minimum atomic E-state index is -5.04. The van der Waals surface area contributed by atoms with E-state index in [2.05, 4.69) is 5.32 Å². The second kappa shape index (κ2) is 13.9. The summed E-state index contributed by atoms with van der Waals surface area (Å²) in [5.74, 6) is -4.44. The Hall–Kier alpha value is -2.85. The molecule has 2 aliphatic rings. The number of carbonyl (C=O) groups is 1. The van der Waals surface area contributed by atoms with Gasteiger partial charge in [0, 0.05) is 24.9 Å². The Morgan fingerprint density at radius 3 is 1.53 bits per heavy atom. The van der Waals surface area contributed by atoms with Crippen LogP contribution in [0.2, 0.25) is 0 Å². The standard InChI is InChI=1S/C17H22F3NO4S.C12H14F3NO2S/c1-16(2,3)25-15(22)21-9-7-12(8-10-21)17(19,20)26(23,24)14-6-4-5-13(18)11-14;13-10-2-1-3-11(8-10)19(17,18)12(14,15)9-4-6-16-7-5-9/h4-6,11-12H,7-10H2,1-3H3;1-3,8-9,16H,4-7H2. The topological polar surface area (TPSA) is 110 Å². The van der Waals surface area contributed by atoms with Crippen LogP contribution >= 0.6 is 0 Å². The normalized spacial score (nSPS) is 17.8. The average Bonchev–Trinajstić information content (AvgIpc) is 2.97. The molecule has 16 heteroatoms. The molecule has 2 aromatic rings. The van der Waals surface area contributed by atoms with Gasteiger partial charge in [0.25, 0.3) is 0 Å². The Morgan fingerprint density at radius 1 is 0.756 bits per heavy atom. The second-order valence-corrected chi connectivity index (χ2v) is 15.9.